The van der Waals surface area contributed by atoms with E-state index in [9.17, 15) is 4.79 Å². The van der Waals surface area contributed by atoms with Crippen LogP contribution in [0.15, 0.2) is 71.9 Å². The summed E-state index contributed by atoms with van der Waals surface area (Å²) in [6.07, 6.45) is 17.0. The summed E-state index contributed by atoms with van der Waals surface area (Å²) in [4.78, 5) is 13.9. The summed E-state index contributed by atoms with van der Waals surface area (Å²) in [7, 11) is 0. The van der Waals surface area contributed by atoms with Crippen LogP contribution in [0.3, 0.4) is 0 Å². The van der Waals surface area contributed by atoms with Gasteiger partial charge in [-0.05, 0) is 104 Å². The lowest BCUT2D eigenvalue weighted by atomic mass is 9.55. The topological polar surface area (TPSA) is 30.2 Å². The summed E-state index contributed by atoms with van der Waals surface area (Å²) in [5.74, 6) is 4.46. The number of unbranched alkanes of at least 4 members (excludes halogenated alkanes) is 4. The molecule has 0 N–H and O–H groups in total. The van der Waals surface area contributed by atoms with Crippen molar-refractivity contribution in [3.8, 4) is 5.75 Å². The number of hydrogen-bond acceptors (Lipinski definition) is 3. The molecule has 0 saturated heterocycles. The summed E-state index contributed by atoms with van der Waals surface area (Å²) in [5, 5.41) is 0.790. The van der Waals surface area contributed by atoms with E-state index >= 15 is 0 Å². The Hall–Kier alpha value is -2.30. The Morgan fingerprint density at radius 2 is 1.71 bits per heavy atom. The number of aryl methyl sites for hydroxylation is 2. The maximum absolute atomic E-state index is 12.6. The molecule has 3 aromatic rings. The second-order valence-electron chi connectivity index (χ2n) is 13.0. The summed E-state index contributed by atoms with van der Waals surface area (Å²) in [6, 6.07) is 19.4. The quantitative estimate of drug-likeness (QED) is 0.117. The van der Waals surface area contributed by atoms with Crippen molar-refractivity contribution >= 4 is 29.1 Å². The third kappa shape index (κ3) is 6.76. The Balaban J connectivity index is 0.861. The lowest BCUT2D eigenvalue weighted by Crippen LogP contribution is -2.42. The number of ketones is 1. The molecule has 42 heavy (non-hydrogen) atoms. The van der Waals surface area contributed by atoms with E-state index in [1.54, 1.807) is 5.56 Å². The molecule has 0 aliphatic heterocycles. The molecule has 4 atom stereocenters. The average molecular weight is 603 g/mol. The molecule has 2 saturated carbocycles. The summed E-state index contributed by atoms with van der Waals surface area (Å²) in [5.41, 5.74) is 4.30. The molecule has 0 spiro atoms. The fraction of sp³-hybridized carbons (Fsp3) is 0.514. The van der Waals surface area contributed by atoms with Gasteiger partial charge < -0.3 is 4.74 Å². The zero-order valence-corrected chi connectivity index (χ0v) is 26.6. The number of rotatable bonds is 12. The molecule has 3 aliphatic carbocycles. The Morgan fingerprint density at radius 3 is 2.55 bits per heavy atom. The Morgan fingerprint density at radius 1 is 0.929 bits per heavy atom. The van der Waals surface area contributed by atoms with Gasteiger partial charge >= 0.3 is 0 Å². The number of thioether (sulfide) groups is 1. The first kappa shape index (κ1) is 29.8. The monoisotopic (exact) mass is 602 g/mol. The zero-order valence-electron chi connectivity index (χ0n) is 25.0. The molecule has 1 heterocycles. The normalized spacial score (nSPS) is 24.6. The van der Waals surface area contributed by atoms with E-state index in [0.29, 0.717) is 23.5 Å². The first-order chi connectivity index (χ1) is 20.5. The van der Waals surface area contributed by atoms with E-state index in [1.807, 2.05) is 23.9 Å². The van der Waals surface area contributed by atoms with Crippen LogP contribution in [-0.2, 0) is 23.5 Å². The van der Waals surface area contributed by atoms with Crippen LogP contribution < -0.4 is 9.30 Å². The van der Waals surface area contributed by atoms with Gasteiger partial charge in [-0.3, -0.25) is 4.79 Å². The van der Waals surface area contributed by atoms with Crippen LogP contribution >= 0.6 is 23.4 Å². The molecule has 3 nitrogen and oxygen atoms in total. The van der Waals surface area contributed by atoms with Crippen molar-refractivity contribution in [2.24, 2.45) is 17.3 Å². The van der Waals surface area contributed by atoms with E-state index in [2.05, 4.69) is 66.3 Å². The predicted molar refractivity (Wildman–Crippen MR) is 172 cm³/mol. The van der Waals surface area contributed by atoms with Crippen molar-refractivity contribution in [1.29, 1.82) is 0 Å². The molecule has 5 heteroatoms. The molecule has 222 valence electrons. The fourth-order valence-corrected chi connectivity index (χ4v) is 8.94. The average Bonchev–Trinajstić information content (AvgIpc) is 3.32. The first-order valence-electron chi connectivity index (χ1n) is 16.1. The molecule has 2 fully saturated rings. The fourth-order valence-electron chi connectivity index (χ4n) is 7.97. The van der Waals surface area contributed by atoms with Gasteiger partial charge in [-0.1, -0.05) is 49.6 Å². The Bertz CT molecular complexity index is 1360. The van der Waals surface area contributed by atoms with Gasteiger partial charge in [-0.25, -0.2) is 4.57 Å². The van der Waals surface area contributed by atoms with Crippen LogP contribution in [0.25, 0.3) is 0 Å². The SMILES string of the molecule is C[C@]12CCC3c4ccc(OCCCCCCC[n+]5ccc(SCc6ccc(Cl)cc6)cc5)cc4CCC3C1CCC2=O. The number of fused-ring (bicyclic) bond motifs is 5. The molecule has 2 aromatic carbocycles. The van der Waals surface area contributed by atoms with E-state index in [0.717, 1.165) is 61.8 Å². The van der Waals surface area contributed by atoms with E-state index in [-0.39, 0.29) is 5.41 Å². The van der Waals surface area contributed by atoms with Crippen molar-refractivity contribution < 1.29 is 14.1 Å². The van der Waals surface area contributed by atoms with Crippen molar-refractivity contribution in [2.75, 3.05) is 6.61 Å². The lowest BCUT2D eigenvalue weighted by molar-refractivity contribution is -0.697. The van der Waals surface area contributed by atoms with E-state index < -0.39 is 0 Å². The summed E-state index contributed by atoms with van der Waals surface area (Å²) in [6.45, 7) is 4.14. The molecular formula is C37H45ClNO2S+. The first-order valence-corrected chi connectivity index (χ1v) is 17.5. The molecular weight excluding hydrogens is 558 g/mol. The second-order valence-corrected chi connectivity index (χ2v) is 14.5. The van der Waals surface area contributed by atoms with Gasteiger partial charge in [0, 0.05) is 46.1 Å². The van der Waals surface area contributed by atoms with Gasteiger partial charge in [-0.2, -0.15) is 0 Å². The maximum atomic E-state index is 12.6. The van der Waals surface area contributed by atoms with Crippen LogP contribution in [0.5, 0.6) is 5.75 Å². The number of benzene rings is 2. The van der Waals surface area contributed by atoms with Gasteiger partial charge in [-0.15, -0.1) is 11.8 Å². The third-order valence-corrected chi connectivity index (χ3v) is 11.8. The van der Waals surface area contributed by atoms with Crippen LogP contribution in [0.2, 0.25) is 5.02 Å². The number of nitrogens with zero attached hydrogens (tertiary/aromatic N) is 1. The maximum Gasteiger partial charge on any atom is 0.169 e. The van der Waals surface area contributed by atoms with E-state index in [4.69, 9.17) is 16.3 Å². The Kier molecular flexibility index (Phi) is 9.60. The van der Waals surface area contributed by atoms with Gasteiger partial charge in [0.25, 0.3) is 0 Å². The molecule has 6 rings (SSSR count). The van der Waals surface area contributed by atoms with Gasteiger partial charge in [0.2, 0.25) is 0 Å². The van der Waals surface area contributed by atoms with Gasteiger partial charge in [0.05, 0.1) is 6.61 Å². The standard InChI is InChI=1S/C37H45ClNO2S/c1-37-20-17-33-32-14-12-30(25-28(32)9-13-34(33)35(37)15-16-36(37)40)41-24-6-4-2-3-5-21-39-22-18-31(19-23-39)42-26-27-7-10-29(38)11-8-27/h7-8,10-12,14,18-19,22-23,25,33-35H,2-6,9,13,15-17,20-21,24,26H2,1H3/q+1/t33?,34?,35?,37-/m0/s1. The molecule has 0 radical (unpaired) electrons. The van der Waals surface area contributed by atoms with Crippen molar-refractivity contribution in [3.05, 3.63) is 88.7 Å². The summed E-state index contributed by atoms with van der Waals surface area (Å²) >= 11 is 7.84. The van der Waals surface area contributed by atoms with Gasteiger partial charge in [0.1, 0.15) is 18.1 Å². The van der Waals surface area contributed by atoms with Crippen LogP contribution in [0, 0.1) is 17.3 Å². The number of Topliss-reactive ketones (excluding diaryl/α,β-unsaturated/α-hetero) is 1. The third-order valence-electron chi connectivity index (χ3n) is 10.4. The van der Waals surface area contributed by atoms with Crippen molar-refractivity contribution in [1.82, 2.24) is 0 Å². The highest BCUT2D eigenvalue weighted by Gasteiger charge is 2.54. The molecule has 0 amide bonds. The number of carbonyl (C=O) groups is 1. The number of ether oxygens (including phenoxy) is 1. The molecule has 0 bridgehead atoms. The smallest absolute Gasteiger partial charge is 0.169 e. The summed E-state index contributed by atoms with van der Waals surface area (Å²) < 4.78 is 8.49. The number of hydrogen-bond donors (Lipinski definition) is 0. The van der Waals surface area contributed by atoms with Crippen molar-refractivity contribution in [2.45, 2.75) is 101 Å². The number of carbonyl (C=O) groups excluding carboxylic acids is 1. The minimum Gasteiger partial charge on any atom is -0.494 e. The van der Waals surface area contributed by atoms with Crippen LogP contribution in [0.4, 0.5) is 0 Å². The number of halogens is 1. The minimum atomic E-state index is -0.0370. The number of pyridine rings is 1. The lowest BCUT2D eigenvalue weighted by Gasteiger charge is -2.48. The second kappa shape index (κ2) is 13.6. The zero-order chi connectivity index (χ0) is 28.9. The largest absolute Gasteiger partial charge is 0.494 e. The minimum absolute atomic E-state index is 0.0370. The molecule has 1 aromatic heterocycles. The predicted octanol–water partition coefficient (Wildman–Crippen LogP) is 9.37. The van der Waals surface area contributed by atoms with Crippen molar-refractivity contribution in [3.63, 3.8) is 0 Å². The molecule has 3 aliphatic rings. The molecule has 3 unspecified atom stereocenters. The van der Waals surface area contributed by atoms with Crippen LogP contribution in [-0.4, -0.2) is 12.4 Å². The van der Waals surface area contributed by atoms with Gasteiger partial charge in [0.15, 0.2) is 12.4 Å². The number of aromatic nitrogens is 1. The highest BCUT2D eigenvalue weighted by molar-refractivity contribution is 7.98. The van der Waals surface area contributed by atoms with Crippen LogP contribution in [0.1, 0.15) is 93.7 Å². The van der Waals surface area contributed by atoms with E-state index in [1.165, 1.54) is 54.5 Å². The highest BCUT2D eigenvalue weighted by atomic mass is 35.5. The Labute approximate surface area is 261 Å². The highest BCUT2D eigenvalue weighted by Crippen LogP contribution is 2.59.